The molecular formula is C9H16O6. The van der Waals surface area contributed by atoms with E-state index in [0.717, 1.165) is 0 Å². The van der Waals surface area contributed by atoms with Crippen LogP contribution in [0.5, 0.6) is 0 Å². The quantitative estimate of drug-likeness (QED) is 0.529. The van der Waals surface area contributed by atoms with Crippen molar-refractivity contribution in [2.24, 2.45) is 0 Å². The van der Waals surface area contributed by atoms with Gasteiger partial charge in [-0.1, -0.05) is 0 Å². The fourth-order valence-corrected chi connectivity index (χ4v) is 1.94. The minimum absolute atomic E-state index is 0.468. The maximum Gasteiger partial charge on any atom is 0.190 e. The molecule has 0 amide bonds. The number of fused-ring (bicyclic) bond motifs is 1. The molecule has 6 heteroatoms. The Balaban J connectivity index is 2.05. The van der Waals surface area contributed by atoms with E-state index < -0.39 is 43.1 Å². The highest BCUT2D eigenvalue weighted by atomic mass is 16.8. The van der Waals surface area contributed by atoms with Crippen LogP contribution in [0.2, 0.25) is 0 Å². The number of hydrogen-bond donors (Lipinski definition) is 3. The van der Waals surface area contributed by atoms with Gasteiger partial charge in [0.15, 0.2) is 12.1 Å². The molecule has 2 heterocycles. The SMILES string of the molecule is CC1(C)OC2C(O)C(C(O)CO)O[C@@H]2O1. The fourth-order valence-electron chi connectivity index (χ4n) is 1.94. The lowest BCUT2D eigenvalue weighted by atomic mass is 10.1. The van der Waals surface area contributed by atoms with Gasteiger partial charge < -0.3 is 29.5 Å². The number of aliphatic hydroxyl groups excluding tert-OH is 3. The van der Waals surface area contributed by atoms with E-state index in [0.29, 0.717) is 0 Å². The topological polar surface area (TPSA) is 88.4 Å². The van der Waals surface area contributed by atoms with Crippen molar-refractivity contribution in [3.05, 3.63) is 0 Å². The average Bonchev–Trinajstić information content (AvgIpc) is 2.60. The summed E-state index contributed by atoms with van der Waals surface area (Å²) in [6.07, 6.45) is -4.26. The molecule has 5 atom stereocenters. The summed E-state index contributed by atoms with van der Waals surface area (Å²) in [6, 6.07) is 0. The van der Waals surface area contributed by atoms with Gasteiger partial charge in [-0.15, -0.1) is 0 Å². The number of hydrogen-bond acceptors (Lipinski definition) is 6. The molecule has 2 aliphatic rings. The van der Waals surface area contributed by atoms with Crippen molar-refractivity contribution in [2.45, 2.75) is 50.3 Å². The maximum absolute atomic E-state index is 9.79. The van der Waals surface area contributed by atoms with Crippen molar-refractivity contribution >= 4 is 0 Å². The predicted octanol–water partition coefficient (Wildman–Crippen LogP) is -1.42. The molecule has 15 heavy (non-hydrogen) atoms. The van der Waals surface area contributed by atoms with E-state index in [2.05, 4.69) is 0 Å². The lowest BCUT2D eigenvalue weighted by Gasteiger charge is -2.24. The summed E-state index contributed by atoms with van der Waals surface area (Å²) in [4.78, 5) is 0. The molecule has 2 aliphatic heterocycles. The molecule has 3 N–H and O–H groups in total. The largest absolute Gasteiger partial charge is 0.394 e. The second kappa shape index (κ2) is 3.65. The van der Waals surface area contributed by atoms with Gasteiger partial charge in [0, 0.05) is 0 Å². The zero-order valence-corrected chi connectivity index (χ0v) is 8.66. The summed E-state index contributed by atoms with van der Waals surface area (Å²) in [7, 11) is 0. The van der Waals surface area contributed by atoms with Crippen molar-refractivity contribution in [2.75, 3.05) is 6.61 Å². The van der Waals surface area contributed by atoms with Crippen LogP contribution >= 0.6 is 0 Å². The molecule has 4 unspecified atom stereocenters. The maximum atomic E-state index is 9.79. The van der Waals surface area contributed by atoms with Gasteiger partial charge in [0.1, 0.15) is 24.4 Å². The zero-order chi connectivity index (χ0) is 11.2. The first-order valence-corrected chi connectivity index (χ1v) is 4.93. The molecular weight excluding hydrogens is 204 g/mol. The summed E-state index contributed by atoms with van der Waals surface area (Å²) in [5, 5.41) is 27.9. The Hall–Kier alpha value is -0.240. The minimum Gasteiger partial charge on any atom is -0.394 e. The van der Waals surface area contributed by atoms with Crippen molar-refractivity contribution in [1.29, 1.82) is 0 Å². The van der Waals surface area contributed by atoms with Crippen LogP contribution < -0.4 is 0 Å². The van der Waals surface area contributed by atoms with E-state index in [1.807, 2.05) is 0 Å². The van der Waals surface area contributed by atoms with Crippen LogP contribution in [-0.2, 0) is 14.2 Å². The molecule has 2 fully saturated rings. The molecule has 2 saturated heterocycles. The Morgan fingerprint density at radius 1 is 1.33 bits per heavy atom. The zero-order valence-electron chi connectivity index (χ0n) is 8.66. The first-order valence-electron chi connectivity index (χ1n) is 4.93. The van der Waals surface area contributed by atoms with Crippen LogP contribution in [0.3, 0.4) is 0 Å². The van der Waals surface area contributed by atoms with Gasteiger partial charge >= 0.3 is 0 Å². The molecule has 0 spiro atoms. The Labute approximate surface area is 87.4 Å². The van der Waals surface area contributed by atoms with Gasteiger partial charge in [-0.2, -0.15) is 0 Å². The molecule has 0 aromatic carbocycles. The summed E-state index contributed by atoms with van der Waals surface area (Å²) in [6.45, 7) is 2.97. The molecule has 6 nitrogen and oxygen atoms in total. The van der Waals surface area contributed by atoms with Gasteiger partial charge in [-0.3, -0.25) is 0 Å². The minimum atomic E-state index is -1.12. The van der Waals surface area contributed by atoms with Crippen molar-refractivity contribution < 1.29 is 29.5 Å². The highest BCUT2D eigenvalue weighted by Crippen LogP contribution is 2.38. The second-order valence-corrected chi connectivity index (χ2v) is 4.31. The van der Waals surface area contributed by atoms with Crippen LogP contribution in [0.1, 0.15) is 13.8 Å². The van der Waals surface area contributed by atoms with E-state index in [9.17, 15) is 10.2 Å². The van der Waals surface area contributed by atoms with Gasteiger partial charge in [0.25, 0.3) is 0 Å². The Kier molecular flexibility index (Phi) is 2.74. The van der Waals surface area contributed by atoms with E-state index in [-0.39, 0.29) is 0 Å². The van der Waals surface area contributed by atoms with E-state index in [1.54, 1.807) is 13.8 Å². The Morgan fingerprint density at radius 2 is 2.00 bits per heavy atom. The molecule has 0 bridgehead atoms. The van der Waals surface area contributed by atoms with Crippen molar-refractivity contribution in [1.82, 2.24) is 0 Å². The highest BCUT2D eigenvalue weighted by molar-refractivity contribution is 4.95. The predicted molar refractivity (Wildman–Crippen MR) is 47.8 cm³/mol. The van der Waals surface area contributed by atoms with E-state index in [4.69, 9.17) is 19.3 Å². The normalized spacial score (nSPS) is 45.4. The summed E-state index contributed by atoms with van der Waals surface area (Å²) < 4.78 is 16.1. The van der Waals surface area contributed by atoms with Gasteiger partial charge in [-0.05, 0) is 13.8 Å². The fraction of sp³-hybridized carbons (Fsp3) is 1.00. The lowest BCUT2D eigenvalue weighted by molar-refractivity contribution is -0.227. The van der Waals surface area contributed by atoms with Gasteiger partial charge in [0.05, 0.1) is 6.61 Å². The van der Waals surface area contributed by atoms with Crippen LogP contribution in [0.15, 0.2) is 0 Å². The molecule has 0 aromatic rings. The summed E-state index contributed by atoms with van der Waals surface area (Å²) in [5.74, 6) is -0.786. The van der Waals surface area contributed by atoms with E-state index in [1.165, 1.54) is 0 Å². The monoisotopic (exact) mass is 220 g/mol. The van der Waals surface area contributed by atoms with Crippen LogP contribution in [0.4, 0.5) is 0 Å². The van der Waals surface area contributed by atoms with Gasteiger partial charge in [0.2, 0.25) is 0 Å². The van der Waals surface area contributed by atoms with E-state index >= 15 is 0 Å². The lowest BCUT2D eigenvalue weighted by Crippen LogP contribution is -2.42. The molecule has 0 aromatic heterocycles. The van der Waals surface area contributed by atoms with Crippen LogP contribution in [0.25, 0.3) is 0 Å². The molecule has 0 radical (unpaired) electrons. The van der Waals surface area contributed by atoms with Crippen molar-refractivity contribution in [3.8, 4) is 0 Å². The van der Waals surface area contributed by atoms with Crippen molar-refractivity contribution in [3.63, 3.8) is 0 Å². The first kappa shape index (κ1) is 11.3. The molecule has 0 aliphatic carbocycles. The average molecular weight is 220 g/mol. The molecule has 0 saturated carbocycles. The summed E-state index contributed by atoms with van der Waals surface area (Å²) in [5.41, 5.74) is 0. The standard InChI is InChI=1S/C9H16O6/c1-9(2)14-7-5(12)6(4(11)3-10)13-8(7)15-9/h4-8,10-12H,3H2,1-2H3/t4?,5?,6?,7?,8-/m1/s1. The summed E-state index contributed by atoms with van der Waals surface area (Å²) >= 11 is 0. The first-order chi connectivity index (χ1) is 6.94. The molecule has 2 rings (SSSR count). The van der Waals surface area contributed by atoms with Crippen LogP contribution in [0, 0.1) is 0 Å². The highest BCUT2D eigenvalue weighted by Gasteiger charge is 2.55. The second-order valence-electron chi connectivity index (χ2n) is 4.31. The van der Waals surface area contributed by atoms with Gasteiger partial charge in [-0.25, -0.2) is 0 Å². The number of rotatable bonds is 2. The Morgan fingerprint density at radius 3 is 2.53 bits per heavy atom. The van der Waals surface area contributed by atoms with Crippen LogP contribution in [-0.4, -0.2) is 58.4 Å². The third-order valence-corrected chi connectivity index (χ3v) is 2.62. The Bertz CT molecular complexity index is 243. The smallest absolute Gasteiger partial charge is 0.190 e. The molecule has 88 valence electrons. The number of aliphatic hydroxyl groups is 3. The number of ether oxygens (including phenoxy) is 3. The third kappa shape index (κ3) is 1.89. The third-order valence-electron chi connectivity index (χ3n) is 2.62.